The highest BCUT2D eigenvalue weighted by molar-refractivity contribution is 5.79. The highest BCUT2D eigenvalue weighted by Crippen LogP contribution is 2.44. The average molecular weight is 339 g/mol. The van der Waals surface area contributed by atoms with Crippen LogP contribution in [0.15, 0.2) is 48.5 Å². The van der Waals surface area contributed by atoms with Crippen LogP contribution in [-0.2, 0) is 4.74 Å². The summed E-state index contributed by atoms with van der Waals surface area (Å²) in [6, 6.07) is 16.3. The Morgan fingerprint density at radius 3 is 2.20 bits per heavy atom. The highest BCUT2D eigenvalue weighted by Gasteiger charge is 2.30. The lowest BCUT2D eigenvalue weighted by atomic mass is 9.98. The summed E-state index contributed by atoms with van der Waals surface area (Å²) < 4.78 is 5.65. The third kappa shape index (κ3) is 3.40. The fourth-order valence-electron chi connectivity index (χ4n) is 3.51. The zero-order valence-electron chi connectivity index (χ0n) is 14.8. The van der Waals surface area contributed by atoms with Gasteiger partial charge in [0, 0.05) is 12.5 Å². The van der Waals surface area contributed by atoms with Crippen molar-refractivity contribution in [2.24, 2.45) is 0 Å². The Bertz CT molecular complexity index is 698. The van der Waals surface area contributed by atoms with Gasteiger partial charge >= 0.3 is 6.09 Å². The second-order valence-electron chi connectivity index (χ2n) is 6.53. The van der Waals surface area contributed by atoms with Gasteiger partial charge in [-0.15, -0.1) is 0 Å². The molecule has 4 heteroatoms. The van der Waals surface area contributed by atoms with E-state index < -0.39 is 0 Å². The van der Waals surface area contributed by atoms with E-state index in [0.717, 1.165) is 6.42 Å². The van der Waals surface area contributed by atoms with Crippen LogP contribution in [0.5, 0.6) is 0 Å². The van der Waals surface area contributed by atoms with Crippen molar-refractivity contribution in [3.05, 3.63) is 59.7 Å². The smallest absolute Gasteiger partial charge is 0.410 e. The van der Waals surface area contributed by atoms with Crippen LogP contribution >= 0.6 is 0 Å². The minimum Gasteiger partial charge on any atom is -0.448 e. The monoisotopic (exact) mass is 339 g/mol. The molecular formula is C21H25NO3. The van der Waals surface area contributed by atoms with Crippen molar-refractivity contribution in [1.82, 2.24) is 4.90 Å². The van der Waals surface area contributed by atoms with Gasteiger partial charge in [0.25, 0.3) is 0 Å². The van der Waals surface area contributed by atoms with Crippen LogP contribution < -0.4 is 0 Å². The van der Waals surface area contributed by atoms with Gasteiger partial charge in [-0.25, -0.2) is 4.79 Å². The summed E-state index contributed by atoms with van der Waals surface area (Å²) in [6.45, 7) is 4.67. The molecule has 0 unspecified atom stereocenters. The van der Waals surface area contributed by atoms with Gasteiger partial charge in [0.2, 0.25) is 0 Å². The molecule has 1 aliphatic rings. The largest absolute Gasteiger partial charge is 0.448 e. The fraction of sp³-hybridized carbons (Fsp3) is 0.381. The Hall–Kier alpha value is -2.33. The summed E-state index contributed by atoms with van der Waals surface area (Å²) in [5.41, 5.74) is 4.84. The predicted octanol–water partition coefficient (Wildman–Crippen LogP) is 4.03. The Balaban J connectivity index is 1.78. The summed E-state index contributed by atoms with van der Waals surface area (Å²) in [5, 5.41) is 9.37. The van der Waals surface area contributed by atoms with Crippen LogP contribution in [-0.4, -0.2) is 41.9 Å². The minimum absolute atomic E-state index is 0.0595. The van der Waals surface area contributed by atoms with E-state index in [1.54, 1.807) is 4.90 Å². The lowest BCUT2D eigenvalue weighted by molar-refractivity contribution is 0.0718. The number of fused-ring (bicyclic) bond motifs is 3. The number of carbonyl (C=O) groups is 1. The number of amides is 1. The van der Waals surface area contributed by atoms with Crippen LogP contribution in [0, 0.1) is 0 Å². The predicted molar refractivity (Wildman–Crippen MR) is 98.6 cm³/mol. The molecule has 1 aliphatic carbocycles. The van der Waals surface area contributed by atoms with Crippen LogP contribution in [0.4, 0.5) is 4.79 Å². The first-order chi connectivity index (χ1) is 12.2. The van der Waals surface area contributed by atoms with Crippen molar-refractivity contribution in [3.8, 4) is 11.1 Å². The zero-order valence-corrected chi connectivity index (χ0v) is 14.8. The molecule has 3 rings (SSSR count). The zero-order chi connectivity index (χ0) is 17.8. The molecule has 0 spiro atoms. The molecule has 1 amide bonds. The molecule has 4 nitrogen and oxygen atoms in total. The minimum atomic E-state index is -0.356. The molecule has 132 valence electrons. The number of benzene rings is 2. The van der Waals surface area contributed by atoms with Crippen LogP contribution in [0.1, 0.15) is 37.3 Å². The second-order valence-corrected chi connectivity index (χ2v) is 6.53. The summed E-state index contributed by atoms with van der Waals surface area (Å²) in [6.07, 6.45) is 0.472. The van der Waals surface area contributed by atoms with Crippen molar-refractivity contribution in [3.63, 3.8) is 0 Å². The van der Waals surface area contributed by atoms with E-state index in [1.807, 2.05) is 38.1 Å². The maximum atomic E-state index is 12.5. The topological polar surface area (TPSA) is 49.8 Å². The molecule has 2 aromatic carbocycles. The second kappa shape index (κ2) is 7.70. The van der Waals surface area contributed by atoms with Gasteiger partial charge in [0.05, 0.1) is 12.6 Å². The van der Waals surface area contributed by atoms with E-state index in [9.17, 15) is 9.90 Å². The first-order valence-electron chi connectivity index (χ1n) is 8.89. The van der Waals surface area contributed by atoms with Crippen molar-refractivity contribution in [2.75, 3.05) is 19.8 Å². The molecule has 0 aromatic heterocycles. The molecule has 0 heterocycles. The van der Waals surface area contributed by atoms with E-state index in [2.05, 4.69) is 24.3 Å². The molecule has 2 aromatic rings. The Morgan fingerprint density at radius 2 is 1.68 bits per heavy atom. The average Bonchev–Trinajstić information content (AvgIpc) is 2.97. The SMILES string of the molecule is CCCN(C(=O)OCC1c2ccccc2-c2ccccc21)[C@@H](C)CO. The van der Waals surface area contributed by atoms with E-state index >= 15 is 0 Å². The number of hydrogen-bond acceptors (Lipinski definition) is 3. The highest BCUT2D eigenvalue weighted by atomic mass is 16.6. The normalized spacial score (nSPS) is 13.9. The molecule has 0 fully saturated rings. The summed E-state index contributed by atoms with van der Waals surface area (Å²) in [5.74, 6) is 0.0595. The van der Waals surface area contributed by atoms with Crippen LogP contribution in [0.3, 0.4) is 0 Å². The maximum Gasteiger partial charge on any atom is 0.410 e. The number of nitrogens with zero attached hydrogens (tertiary/aromatic N) is 1. The van der Waals surface area contributed by atoms with Gasteiger partial charge < -0.3 is 14.7 Å². The van der Waals surface area contributed by atoms with Crippen molar-refractivity contribution in [1.29, 1.82) is 0 Å². The lowest BCUT2D eigenvalue weighted by Crippen LogP contribution is -2.41. The third-order valence-corrected chi connectivity index (χ3v) is 4.83. The van der Waals surface area contributed by atoms with Gasteiger partial charge in [0.15, 0.2) is 0 Å². The lowest BCUT2D eigenvalue weighted by Gasteiger charge is -2.27. The molecule has 0 saturated heterocycles. The number of ether oxygens (including phenoxy) is 1. The standard InChI is InChI=1S/C21H25NO3/c1-3-12-22(15(2)13-23)21(24)25-14-20-18-10-6-4-8-16(18)17-9-5-7-11-19(17)20/h4-11,15,20,23H,3,12-14H2,1-2H3/t15-/m0/s1. The number of carbonyl (C=O) groups excluding carboxylic acids is 1. The van der Waals surface area contributed by atoms with E-state index in [-0.39, 0.29) is 24.7 Å². The molecular weight excluding hydrogens is 314 g/mol. The first kappa shape index (κ1) is 17.5. The molecule has 1 atom stereocenters. The number of aliphatic hydroxyl groups is 1. The molecule has 25 heavy (non-hydrogen) atoms. The number of aliphatic hydroxyl groups excluding tert-OH is 1. The fourth-order valence-corrected chi connectivity index (χ4v) is 3.51. The summed E-state index contributed by atoms with van der Waals surface area (Å²) in [7, 11) is 0. The number of rotatable bonds is 6. The first-order valence-corrected chi connectivity index (χ1v) is 8.89. The third-order valence-electron chi connectivity index (χ3n) is 4.83. The van der Waals surface area contributed by atoms with Crippen molar-refractivity contribution < 1.29 is 14.6 Å². The molecule has 0 aliphatic heterocycles. The molecule has 0 saturated carbocycles. The van der Waals surface area contributed by atoms with Gasteiger partial charge in [-0.3, -0.25) is 0 Å². The Morgan fingerprint density at radius 1 is 1.12 bits per heavy atom. The van der Waals surface area contributed by atoms with Gasteiger partial charge in [0.1, 0.15) is 6.61 Å². The Labute approximate surface area is 149 Å². The van der Waals surface area contributed by atoms with E-state index in [0.29, 0.717) is 13.2 Å². The molecule has 1 N–H and O–H groups in total. The maximum absolute atomic E-state index is 12.5. The van der Waals surface area contributed by atoms with Gasteiger partial charge in [-0.1, -0.05) is 55.5 Å². The van der Waals surface area contributed by atoms with Gasteiger partial charge in [-0.2, -0.15) is 0 Å². The quantitative estimate of drug-likeness (QED) is 0.864. The van der Waals surface area contributed by atoms with E-state index in [1.165, 1.54) is 22.3 Å². The Kier molecular flexibility index (Phi) is 5.39. The van der Waals surface area contributed by atoms with E-state index in [4.69, 9.17) is 4.74 Å². The van der Waals surface area contributed by atoms with Crippen LogP contribution in [0.2, 0.25) is 0 Å². The molecule has 0 radical (unpaired) electrons. The van der Waals surface area contributed by atoms with Gasteiger partial charge in [-0.05, 0) is 35.6 Å². The number of hydrogen-bond donors (Lipinski definition) is 1. The summed E-state index contributed by atoms with van der Waals surface area (Å²) >= 11 is 0. The van der Waals surface area contributed by atoms with Crippen LogP contribution in [0.25, 0.3) is 11.1 Å². The summed E-state index contributed by atoms with van der Waals surface area (Å²) in [4.78, 5) is 14.1. The van der Waals surface area contributed by atoms with Crippen molar-refractivity contribution in [2.45, 2.75) is 32.2 Å². The molecule has 0 bridgehead atoms. The van der Waals surface area contributed by atoms with Crippen molar-refractivity contribution >= 4 is 6.09 Å².